The number of rotatable bonds is 4. The van der Waals surface area contributed by atoms with Gasteiger partial charge in [-0.25, -0.2) is 4.39 Å². The minimum atomic E-state index is -0.133. The van der Waals surface area contributed by atoms with E-state index in [9.17, 15) is 4.39 Å². The van der Waals surface area contributed by atoms with E-state index in [1.54, 1.807) is 6.07 Å². The molecule has 1 N–H and O–H groups in total. The topological polar surface area (TPSA) is 15.3 Å². The SMILES string of the molecule is CNCCN(C)c1c(C)cc(C)cc1F. The van der Waals surface area contributed by atoms with Crippen LogP contribution in [-0.2, 0) is 0 Å². The van der Waals surface area contributed by atoms with E-state index in [4.69, 9.17) is 0 Å². The molecule has 2 nitrogen and oxygen atoms in total. The molecule has 1 aromatic carbocycles. The first-order valence-electron chi connectivity index (χ1n) is 5.18. The van der Waals surface area contributed by atoms with Gasteiger partial charge >= 0.3 is 0 Å². The summed E-state index contributed by atoms with van der Waals surface area (Å²) in [6.07, 6.45) is 0. The molecular formula is C12H19FN2. The van der Waals surface area contributed by atoms with Gasteiger partial charge in [0, 0.05) is 20.1 Å². The van der Waals surface area contributed by atoms with Crippen molar-refractivity contribution in [2.24, 2.45) is 0 Å². The van der Waals surface area contributed by atoms with Crippen LogP contribution >= 0.6 is 0 Å². The molecule has 0 radical (unpaired) electrons. The van der Waals surface area contributed by atoms with Gasteiger partial charge in [-0.1, -0.05) is 6.07 Å². The lowest BCUT2D eigenvalue weighted by Crippen LogP contribution is -2.28. The fourth-order valence-corrected chi connectivity index (χ4v) is 1.78. The normalized spacial score (nSPS) is 10.5. The first-order valence-corrected chi connectivity index (χ1v) is 5.18. The van der Waals surface area contributed by atoms with E-state index in [0.29, 0.717) is 5.69 Å². The number of hydrogen-bond acceptors (Lipinski definition) is 2. The number of nitrogens with one attached hydrogen (secondary N) is 1. The van der Waals surface area contributed by atoms with Crippen LogP contribution in [0.4, 0.5) is 10.1 Å². The Balaban J connectivity index is 2.92. The molecule has 0 aromatic heterocycles. The third-order valence-electron chi connectivity index (χ3n) is 2.48. The second kappa shape index (κ2) is 5.12. The molecular weight excluding hydrogens is 191 g/mol. The maximum absolute atomic E-state index is 13.7. The van der Waals surface area contributed by atoms with Crippen LogP contribution < -0.4 is 10.2 Å². The van der Waals surface area contributed by atoms with Crippen LogP contribution in [0.3, 0.4) is 0 Å². The summed E-state index contributed by atoms with van der Waals surface area (Å²) in [5.41, 5.74) is 2.66. The maximum atomic E-state index is 13.7. The Kier molecular flexibility index (Phi) is 4.09. The molecule has 0 heterocycles. The number of anilines is 1. The van der Waals surface area contributed by atoms with Gasteiger partial charge in [0.2, 0.25) is 0 Å². The molecule has 0 fully saturated rings. The first kappa shape index (κ1) is 12.0. The van der Waals surface area contributed by atoms with Crippen LogP contribution in [0.25, 0.3) is 0 Å². The largest absolute Gasteiger partial charge is 0.371 e. The molecule has 0 saturated heterocycles. The second-order valence-electron chi connectivity index (χ2n) is 3.94. The minimum absolute atomic E-state index is 0.133. The number of aryl methyl sites for hydroxylation is 2. The van der Waals surface area contributed by atoms with Gasteiger partial charge < -0.3 is 10.2 Å². The molecule has 0 unspecified atom stereocenters. The predicted octanol–water partition coefficient (Wildman–Crippen LogP) is 2.10. The quantitative estimate of drug-likeness (QED) is 0.818. The molecule has 0 bridgehead atoms. The Bertz CT molecular complexity index is 313. The number of likely N-dealkylation sites (N-methyl/N-ethyl adjacent to an activating group) is 2. The van der Waals surface area contributed by atoms with Crippen molar-refractivity contribution in [2.45, 2.75) is 13.8 Å². The zero-order chi connectivity index (χ0) is 11.4. The average Bonchev–Trinajstić information content (AvgIpc) is 2.12. The minimum Gasteiger partial charge on any atom is -0.371 e. The van der Waals surface area contributed by atoms with Crippen molar-refractivity contribution in [1.29, 1.82) is 0 Å². The lowest BCUT2D eigenvalue weighted by molar-refractivity contribution is 0.618. The van der Waals surface area contributed by atoms with Crippen LogP contribution in [-0.4, -0.2) is 27.2 Å². The third-order valence-corrected chi connectivity index (χ3v) is 2.48. The Morgan fingerprint density at radius 3 is 2.53 bits per heavy atom. The van der Waals surface area contributed by atoms with Crippen molar-refractivity contribution in [3.8, 4) is 0 Å². The van der Waals surface area contributed by atoms with Gasteiger partial charge in [-0.05, 0) is 38.1 Å². The zero-order valence-corrected chi connectivity index (χ0v) is 9.89. The van der Waals surface area contributed by atoms with Crippen LogP contribution in [0.1, 0.15) is 11.1 Å². The molecule has 0 spiro atoms. The molecule has 15 heavy (non-hydrogen) atoms. The molecule has 84 valence electrons. The fourth-order valence-electron chi connectivity index (χ4n) is 1.78. The van der Waals surface area contributed by atoms with Crippen LogP contribution in [0.2, 0.25) is 0 Å². The summed E-state index contributed by atoms with van der Waals surface area (Å²) in [7, 11) is 3.81. The third kappa shape index (κ3) is 2.93. The molecule has 0 aliphatic rings. The standard InChI is InChI=1S/C12H19FN2/c1-9-7-10(2)12(11(13)8-9)15(4)6-5-14-3/h7-8,14H,5-6H2,1-4H3. The Morgan fingerprint density at radius 2 is 2.00 bits per heavy atom. The lowest BCUT2D eigenvalue weighted by Gasteiger charge is -2.22. The summed E-state index contributed by atoms with van der Waals surface area (Å²) in [5, 5.41) is 3.05. The van der Waals surface area contributed by atoms with Gasteiger partial charge in [0.15, 0.2) is 0 Å². The fraction of sp³-hybridized carbons (Fsp3) is 0.500. The molecule has 0 aliphatic carbocycles. The van der Waals surface area contributed by atoms with Crippen LogP contribution in [0.5, 0.6) is 0 Å². The molecule has 0 amide bonds. The molecule has 0 atom stereocenters. The number of nitrogens with zero attached hydrogens (tertiary/aromatic N) is 1. The van der Waals surface area contributed by atoms with E-state index in [-0.39, 0.29) is 5.82 Å². The van der Waals surface area contributed by atoms with E-state index in [1.807, 2.05) is 38.9 Å². The molecule has 3 heteroatoms. The van der Waals surface area contributed by atoms with E-state index in [0.717, 1.165) is 24.2 Å². The predicted molar refractivity (Wildman–Crippen MR) is 63.1 cm³/mol. The summed E-state index contributed by atoms with van der Waals surface area (Å²) in [4.78, 5) is 1.95. The number of benzene rings is 1. The van der Waals surface area contributed by atoms with E-state index in [2.05, 4.69) is 5.32 Å². The van der Waals surface area contributed by atoms with Crippen LogP contribution in [0.15, 0.2) is 12.1 Å². The molecule has 1 rings (SSSR count). The highest BCUT2D eigenvalue weighted by Crippen LogP contribution is 2.24. The van der Waals surface area contributed by atoms with Crippen molar-refractivity contribution >= 4 is 5.69 Å². The smallest absolute Gasteiger partial charge is 0.147 e. The van der Waals surface area contributed by atoms with E-state index in [1.165, 1.54) is 0 Å². The van der Waals surface area contributed by atoms with E-state index < -0.39 is 0 Å². The Hall–Kier alpha value is -1.09. The molecule has 0 saturated carbocycles. The van der Waals surface area contributed by atoms with Crippen molar-refractivity contribution in [1.82, 2.24) is 5.32 Å². The van der Waals surface area contributed by atoms with Crippen molar-refractivity contribution < 1.29 is 4.39 Å². The van der Waals surface area contributed by atoms with Gasteiger partial charge in [-0.15, -0.1) is 0 Å². The van der Waals surface area contributed by atoms with Gasteiger partial charge in [-0.3, -0.25) is 0 Å². The number of hydrogen-bond donors (Lipinski definition) is 1. The first-order chi connectivity index (χ1) is 7.06. The number of halogens is 1. The molecule has 1 aromatic rings. The van der Waals surface area contributed by atoms with Gasteiger partial charge in [0.25, 0.3) is 0 Å². The Labute approximate surface area is 91.1 Å². The summed E-state index contributed by atoms with van der Waals surface area (Å²) in [6.45, 7) is 5.51. The van der Waals surface area contributed by atoms with Crippen molar-refractivity contribution in [3.05, 3.63) is 29.1 Å². The average molecular weight is 210 g/mol. The highest BCUT2D eigenvalue weighted by atomic mass is 19.1. The summed E-state index contributed by atoms with van der Waals surface area (Å²) in [6, 6.07) is 3.59. The van der Waals surface area contributed by atoms with Crippen molar-refractivity contribution in [2.75, 3.05) is 32.1 Å². The van der Waals surface area contributed by atoms with Gasteiger partial charge in [0.05, 0.1) is 5.69 Å². The highest BCUT2D eigenvalue weighted by molar-refractivity contribution is 5.55. The molecule has 0 aliphatic heterocycles. The van der Waals surface area contributed by atoms with Crippen molar-refractivity contribution in [3.63, 3.8) is 0 Å². The lowest BCUT2D eigenvalue weighted by atomic mass is 10.1. The van der Waals surface area contributed by atoms with Gasteiger partial charge in [0.1, 0.15) is 5.82 Å². The second-order valence-corrected chi connectivity index (χ2v) is 3.94. The summed E-state index contributed by atoms with van der Waals surface area (Å²) >= 11 is 0. The summed E-state index contributed by atoms with van der Waals surface area (Å²) < 4.78 is 13.7. The highest BCUT2D eigenvalue weighted by Gasteiger charge is 2.10. The van der Waals surface area contributed by atoms with Gasteiger partial charge in [-0.2, -0.15) is 0 Å². The Morgan fingerprint density at radius 1 is 1.33 bits per heavy atom. The monoisotopic (exact) mass is 210 g/mol. The zero-order valence-electron chi connectivity index (χ0n) is 9.89. The summed E-state index contributed by atoms with van der Waals surface area (Å²) in [5.74, 6) is -0.133. The maximum Gasteiger partial charge on any atom is 0.147 e. The van der Waals surface area contributed by atoms with E-state index >= 15 is 0 Å². The van der Waals surface area contributed by atoms with Crippen LogP contribution in [0, 0.1) is 19.7 Å².